The largest absolute Gasteiger partial charge is 0.293 e. The molecule has 5 rings (SSSR count). The second-order valence-electron chi connectivity index (χ2n) is 11.6. The number of rotatable bonds is 0. The smallest absolute Gasteiger partial charge is 0.0473 e. The molecule has 5 aliphatic heterocycles. The molecule has 0 bridgehead atoms. The van der Waals surface area contributed by atoms with E-state index in [1.807, 2.05) is 151 Å². The van der Waals surface area contributed by atoms with Gasteiger partial charge in [0.2, 0.25) is 0 Å². The molecular formula is C51H116N2S2Si. The van der Waals surface area contributed by atoms with Gasteiger partial charge in [-0.2, -0.15) is 9.21 Å². The molecule has 346 valence electrons. The zero-order chi connectivity index (χ0) is 46.9. The Morgan fingerprint density at radius 3 is 1.09 bits per heavy atom. The molecule has 0 aromatic rings. The Kier molecular flexibility index (Phi) is 101. The summed E-state index contributed by atoms with van der Waals surface area (Å²) in [6, 6.07) is 3.18. The summed E-state index contributed by atoms with van der Waals surface area (Å²) in [7, 11) is -1.86. The molecule has 0 N–H and O–H groups in total. The maximum absolute atomic E-state index is 4.04. The molecule has 0 spiro atoms. The molecule has 0 aliphatic carbocycles. The lowest BCUT2D eigenvalue weighted by molar-refractivity contribution is 0.713. The highest BCUT2D eigenvalue weighted by atomic mass is 32.2. The van der Waals surface area contributed by atoms with E-state index >= 15 is 0 Å². The topological polar surface area (TPSA) is 24.7 Å². The summed E-state index contributed by atoms with van der Waals surface area (Å²) in [5.74, 6) is 19.8. The van der Waals surface area contributed by atoms with E-state index in [1.54, 1.807) is 12.1 Å². The summed E-state index contributed by atoms with van der Waals surface area (Å²) in [5.41, 5.74) is 2.21. The number of hydrogen-bond donors (Lipinski definition) is 0. The first-order chi connectivity index (χ1) is 26.9. The summed E-state index contributed by atoms with van der Waals surface area (Å²) in [6.07, 6.45) is 20.3. The number of aliphatic imine (C=N–C) groups is 2. The zero-order valence-corrected chi connectivity index (χ0v) is 46.4. The van der Waals surface area contributed by atoms with Crippen LogP contribution in [0, 0.1) is 0 Å². The molecule has 0 aromatic heterocycles. The van der Waals surface area contributed by atoms with Crippen LogP contribution in [0.15, 0.2) is 45.9 Å². The highest BCUT2D eigenvalue weighted by Gasteiger charge is 2.22. The average Bonchev–Trinajstić information content (AvgIpc) is 3.89. The molecular weight excluding hydrogens is 733 g/mol. The molecule has 5 heterocycles. The van der Waals surface area contributed by atoms with Crippen molar-refractivity contribution in [3.8, 4) is 0 Å². The van der Waals surface area contributed by atoms with Gasteiger partial charge in [0.05, 0.1) is 0 Å². The van der Waals surface area contributed by atoms with Gasteiger partial charge in [-0.15, -0.1) is 0 Å². The minimum absolute atomic E-state index is 0.546. The lowest BCUT2D eigenvalue weighted by Gasteiger charge is -2.26. The van der Waals surface area contributed by atoms with E-state index < -0.39 is 26.5 Å². The van der Waals surface area contributed by atoms with E-state index in [2.05, 4.69) is 71.2 Å². The van der Waals surface area contributed by atoms with Crippen LogP contribution in [0.5, 0.6) is 0 Å². The summed E-state index contributed by atoms with van der Waals surface area (Å²) in [4.78, 5) is 8.04. The van der Waals surface area contributed by atoms with E-state index in [0.717, 1.165) is 31.5 Å². The normalized spacial score (nSPS) is 16.8. The van der Waals surface area contributed by atoms with Crippen molar-refractivity contribution in [2.45, 2.75) is 234 Å². The highest BCUT2D eigenvalue weighted by Crippen LogP contribution is 2.29. The number of hydrogen-bond acceptors (Lipinski definition) is 2. The van der Waals surface area contributed by atoms with Crippen molar-refractivity contribution in [1.82, 2.24) is 0 Å². The summed E-state index contributed by atoms with van der Waals surface area (Å²) in [5, 5.41) is 2.16. The molecule has 0 amide bonds. The van der Waals surface area contributed by atoms with Gasteiger partial charge < -0.3 is 0 Å². The van der Waals surface area contributed by atoms with Crippen LogP contribution in [0.3, 0.4) is 0 Å². The molecule has 0 unspecified atom stereocenters. The van der Waals surface area contributed by atoms with Gasteiger partial charge in [-0.25, -0.2) is 9.21 Å². The Bertz CT molecular complexity index is 919. The van der Waals surface area contributed by atoms with E-state index in [-0.39, 0.29) is 0 Å². The predicted molar refractivity (Wildman–Crippen MR) is 299 cm³/mol. The first-order valence-corrected chi connectivity index (χ1v) is 31.8. The van der Waals surface area contributed by atoms with Crippen molar-refractivity contribution < 1.29 is 0 Å². The van der Waals surface area contributed by atoms with Gasteiger partial charge in [-0.05, 0) is 79.6 Å². The van der Waals surface area contributed by atoms with Crippen molar-refractivity contribution in [1.29, 1.82) is 0 Å². The molecule has 2 saturated heterocycles. The van der Waals surface area contributed by atoms with Crippen LogP contribution in [-0.4, -0.2) is 67.8 Å². The van der Waals surface area contributed by atoms with Gasteiger partial charge in [-0.3, -0.25) is 9.98 Å². The molecule has 0 saturated carbocycles. The van der Waals surface area contributed by atoms with Crippen LogP contribution in [0.1, 0.15) is 209 Å². The van der Waals surface area contributed by atoms with Gasteiger partial charge in [0.1, 0.15) is 0 Å². The maximum Gasteiger partial charge on any atom is 0.0473 e. The van der Waals surface area contributed by atoms with E-state index in [0.29, 0.717) is 0 Å². The Labute approximate surface area is 364 Å². The second-order valence-corrected chi connectivity index (χ2v) is 23.1. The Morgan fingerprint density at radius 2 is 0.946 bits per heavy atom. The third kappa shape index (κ3) is 77.5. The van der Waals surface area contributed by atoms with Crippen molar-refractivity contribution in [3.05, 3.63) is 35.9 Å². The molecule has 2 fully saturated rings. The van der Waals surface area contributed by atoms with Crippen LogP contribution in [0.25, 0.3) is 0 Å². The quantitative estimate of drug-likeness (QED) is 0.171. The monoisotopic (exact) mass is 849 g/mol. The summed E-state index contributed by atoms with van der Waals surface area (Å²) < 4.78 is 0. The van der Waals surface area contributed by atoms with Gasteiger partial charge in [0.25, 0.3) is 0 Å². The third-order valence-electron chi connectivity index (χ3n) is 6.82. The van der Waals surface area contributed by atoms with Crippen LogP contribution >= 0.6 is 18.4 Å². The molecule has 0 atom stereocenters. The van der Waals surface area contributed by atoms with Crippen LogP contribution in [0.4, 0.5) is 0 Å². The van der Waals surface area contributed by atoms with E-state index in [4.69, 9.17) is 0 Å². The van der Waals surface area contributed by atoms with Gasteiger partial charge >= 0.3 is 0 Å². The molecule has 0 aromatic carbocycles. The summed E-state index contributed by atoms with van der Waals surface area (Å²) >= 11 is 0. The minimum Gasteiger partial charge on any atom is -0.293 e. The minimum atomic E-state index is -0.727. The van der Waals surface area contributed by atoms with Crippen molar-refractivity contribution >= 4 is 62.4 Å². The fourth-order valence-corrected chi connectivity index (χ4v) is 10.2. The van der Waals surface area contributed by atoms with Crippen molar-refractivity contribution in [2.75, 3.05) is 23.8 Å². The standard InChI is InChI=1S/C7H16Si.2C6H9N.C6H12S.C6H10S.10C2H6/c1-8(2)6-4-3-5-7-8;1-6-3-2-4-7-5-6;1-6-4-2-3-5-7-6;2*1-7(2)5-3-4-6-7;10*1-2/h3-7H2,1-2H3;2*5H,1-4H2;1-6H2;3,5H,1-2,4,6H2;10*1-2H3. The van der Waals surface area contributed by atoms with E-state index in [9.17, 15) is 0 Å². The maximum atomic E-state index is 4.04. The first-order valence-electron chi connectivity index (χ1n) is 23.9. The van der Waals surface area contributed by atoms with E-state index in [1.165, 1.54) is 74.2 Å². The number of nitrogens with zero attached hydrogens (tertiary/aromatic N) is 2. The molecule has 0 radical (unpaired) electrons. The first kappa shape index (κ1) is 79.2. The SMILES string of the molecule is C=C1C=NCCC1.C=C1CCCC=N1.C=S1(=C)C=CCC1.C=S1(=C)CCCC1.CC.CC.CC.CC.CC.CC.CC.CC.CC.CC.C[Si]1(C)CCCCC1. The molecule has 5 heteroatoms. The van der Waals surface area contributed by atoms with Crippen LogP contribution in [0.2, 0.25) is 25.2 Å². The second kappa shape index (κ2) is 71.6. The predicted octanol–water partition coefficient (Wildman–Crippen LogP) is 19.3. The highest BCUT2D eigenvalue weighted by molar-refractivity contribution is 8.30. The molecule has 56 heavy (non-hydrogen) atoms. The Morgan fingerprint density at radius 1 is 0.518 bits per heavy atom. The van der Waals surface area contributed by atoms with Crippen LogP contribution in [-0.2, 0) is 0 Å². The average molecular weight is 850 g/mol. The summed E-state index contributed by atoms with van der Waals surface area (Å²) in [6.45, 7) is 53.5. The molecule has 2 nitrogen and oxygen atoms in total. The zero-order valence-electron chi connectivity index (χ0n) is 43.8. The third-order valence-corrected chi connectivity index (χ3v) is 14.4. The fourth-order valence-electron chi connectivity index (χ4n) is 4.38. The molecule has 5 aliphatic rings. The fraction of sp³-hybridized carbons (Fsp3) is 0.765. The Hall–Kier alpha value is -1.04. The van der Waals surface area contributed by atoms with Gasteiger partial charge in [0, 0.05) is 32.7 Å². The number of allylic oxidation sites excluding steroid dienone is 3. The van der Waals surface area contributed by atoms with Gasteiger partial charge in [0.15, 0.2) is 0 Å². The lowest BCUT2D eigenvalue weighted by atomic mass is 10.1. The Balaban J connectivity index is -0.0000000531. The van der Waals surface area contributed by atoms with Gasteiger partial charge in [-0.1, -0.05) is 226 Å². The van der Waals surface area contributed by atoms with Crippen molar-refractivity contribution in [3.63, 3.8) is 0 Å². The van der Waals surface area contributed by atoms with Crippen molar-refractivity contribution in [2.24, 2.45) is 9.98 Å². The van der Waals surface area contributed by atoms with Crippen LogP contribution < -0.4 is 0 Å². The lowest BCUT2D eigenvalue weighted by Crippen LogP contribution is -2.27.